The van der Waals surface area contributed by atoms with Gasteiger partial charge in [0.05, 0.1) is 12.3 Å². The Hall–Kier alpha value is -1.23. The lowest BCUT2D eigenvalue weighted by molar-refractivity contribution is 0.134. The zero-order valence-electron chi connectivity index (χ0n) is 10.8. The Morgan fingerprint density at radius 1 is 1.28 bits per heavy atom. The highest BCUT2D eigenvalue weighted by atomic mass is 32.1. The monoisotopic (exact) mass is 262 g/mol. The van der Waals surface area contributed by atoms with Gasteiger partial charge in [-0.05, 0) is 14.0 Å². The van der Waals surface area contributed by atoms with E-state index in [1.807, 2.05) is 32.2 Å². The van der Waals surface area contributed by atoms with E-state index >= 15 is 0 Å². The van der Waals surface area contributed by atoms with Crippen LogP contribution in [0.15, 0.2) is 30.3 Å². The maximum absolute atomic E-state index is 5.43. The lowest BCUT2D eigenvalue weighted by atomic mass is 10.1. The first-order valence-electron chi connectivity index (χ1n) is 6.11. The molecular formula is C14H18N2OS. The number of hydrogen-bond donors (Lipinski definition) is 1. The molecule has 18 heavy (non-hydrogen) atoms. The molecule has 0 aliphatic rings. The largest absolute Gasteiger partial charge is 0.375 e. The van der Waals surface area contributed by atoms with Crippen LogP contribution in [0.25, 0.3) is 11.3 Å². The normalized spacial score (nSPS) is 10.8. The van der Waals surface area contributed by atoms with Crippen LogP contribution in [0, 0.1) is 0 Å². The van der Waals surface area contributed by atoms with E-state index in [0.717, 1.165) is 23.9 Å². The topological polar surface area (TPSA) is 34.1 Å². The fourth-order valence-corrected chi connectivity index (χ4v) is 2.79. The molecule has 0 unspecified atom stereocenters. The summed E-state index contributed by atoms with van der Waals surface area (Å²) in [5.74, 6) is 0. The molecule has 1 heterocycles. The Balaban J connectivity index is 2.29. The summed E-state index contributed by atoms with van der Waals surface area (Å²) in [5, 5.41) is 4.24. The van der Waals surface area contributed by atoms with Gasteiger partial charge in [0.25, 0.3) is 0 Å². The van der Waals surface area contributed by atoms with Gasteiger partial charge in [0, 0.05) is 23.6 Å². The minimum atomic E-state index is 0.602. The maximum Gasteiger partial charge on any atom is 0.119 e. The zero-order valence-corrected chi connectivity index (χ0v) is 11.6. The fraction of sp³-hybridized carbons (Fsp3) is 0.357. The standard InChI is InChI=1S/C14H18N2OS/c1-3-17-10-13-16-14(12(18-13)9-15-2)11-7-5-4-6-8-11/h4-8,15H,3,9-10H2,1-2H3. The predicted molar refractivity (Wildman–Crippen MR) is 75.6 cm³/mol. The number of thiazole rings is 1. The number of hydrogen-bond acceptors (Lipinski definition) is 4. The summed E-state index contributed by atoms with van der Waals surface area (Å²) in [5.41, 5.74) is 2.24. The second-order valence-corrected chi connectivity index (χ2v) is 5.08. The molecule has 0 fully saturated rings. The smallest absolute Gasteiger partial charge is 0.119 e. The first-order chi connectivity index (χ1) is 8.85. The van der Waals surface area contributed by atoms with Gasteiger partial charge in [-0.25, -0.2) is 4.98 Å². The molecular weight excluding hydrogens is 244 g/mol. The Morgan fingerprint density at radius 2 is 2.06 bits per heavy atom. The van der Waals surface area contributed by atoms with E-state index in [4.69, 9.17) is 9.72 Å². The average Bonchev–Trinajstić information content (AvgIpc) is 2.81. The number of aromatic nitrogens is 1. The van der Waals surface area contributed by atoms with Crippen molar-refractivity contribution in [2.45, 2.75) is 20.1 Å². The lowest BCUT2D eigenvalue weighted by Gasteiger charge is -2.00. The molecule has 0 aliphatic heterocycles. The number of nitrogens with zero attached hydrogens (tertiary/aromatic N) is 1. The third kappa shape index (κ3) is 3.16. The van der Waals surface area contributed by atoms with Crippen LogP contribution in [0.2, 0.25) is 0 Å². The zero-order chi connectivity index (χ0) is 12.8. The molecule has 0 bridgehead atoms. The van der Waals surface area contributed by atoms with Crippen LogP contribution in [-0.2, 0) is 17.9 Å². The molecule has 1 aromatic heterocycles. The minimum absolute atomic E-state index is 0.602. The van der Waals surface area contributed by atoms with Crippen LogP contribution in [0.4, 0.5) is 0 Å². The van der Waals surface area contributed by atoms with Crippen LogP contribution < -0.4 is 5.32 Å². The predicted octanol–water partition coefficient (Wildman–Crippen LogP) is 3.07. The molecule has 0 atom stereocenters. The maximum atomic E-state index is 5.43. The highest BCUT2D eigenvalue weighted by molar-refractivity contribution is 7.12. The fourth-order valence-electron chi connectivity index (χ4n) is 1.75. The molecule has 0 amide bonds. The van der Waals surface area contributed by atoms with Crippen molar-refractivity contribution in [1.29, 1.82) is 0 Å². The number of benzene rings is 1. The molecule has 96 valence electrons. The molecule has 0 spiro atoms. The van der Waals surface area contributed by atoms with Gasteiger partial charge in [-0.1, -0.05) is 30.3 Å². The molecule has 1 aromatic carbocycles. The van der Waals surface area contributed by atoms with Crippen LogP contribution in [0.3, 0.4) is 0 Å². The van der Waals surface area contributed by atoms with E-state index in [1.54, 1.807) is 11.3 Å². The van der Waals surface area contributed by atoms with Gasteiger partial charge < -0.3 is 10.1 Å². The van der Waals surface area contributed by atoms with Gasteiger partial charge in [0.15, 0.2) is 0 Å². The molecule has 0 radical (unpaired) electrons. The van der Waals surface area contributed by atoms with Crippen molar-refractivity contribution in [2.24, 2.45) is 0 Å². The van der Waals surface area contributed by atoms with E-state index in [9.17, 15) is 0 Å². The van der Waals surface area contributed by atoms with Crippen molar-refractivity contribution in [3.63, 3.8) is 0 Å². The molecule has 4 heteroatoms. The van der Waals surface area contributed by atoms with Crippen LogP contribution in [0.5, 0.6) is 0 Å². The van der Waals surface area contributed by atoms with E-state index in [2.05, 4.69) is 17.4 Å². The van der Waals surface area contributed by atoms with E-state index < -0.39 is 0 Å². The van der Waals surface area contributed by atoms with Gasteiger partial charge in [-0.2, -0.15) is 0 Å². The Bertz CT molecular complexity index is 482. The molecule has 0 aliphatic carbocycles. The van der Waals surface area contributed by atoms with Gasteiger partial charge in [-0.3, -0.25) is 0 Å². The van der Waals surface area contributed by atoms with E-state index in [1.165, 1.54) is 10.4 Å². The molecule has 2 rings (SSSR count). The first kappa shape index (κ1) is 13.2. The van der Waals surface area contributed by atoms with Crippen LogP contribution in [-0.4, -0.2) is 18.6 Å². The Kier molecular flexibility index (Phi) is 4.87. The van der Waals surface area contributed by atoms with Gasteiger partial charge >= 0.3 is 0 Å². The summed E-state index contributed by atoms with van der Waals surface area (Å²) in [6, 6.07) is 10.3. The quantitative estimate of drug-likeness (QED) is 0.868. The van der Waals surface area contributed by atoms with Crippen molar-refractivity contribution in [1.82, 2.24) is 10.3 Å². The van der Waals surface area contributed by atoms with Gasteiger partial charge in [0.1, 0.15) is 5.01 Å². The van der Waals surface area contributed by atoms with Crippen molar-refractivity contribution in [3.05, 3.63) is 40.2 Å². The minimum Gasteiger partial charge on any atom is -0.375 e. The Morgan fingerprint density at radius 3 is 2.72 bits per heavy atom. The summed E-state index contributed by atoms with van der Waals surface area (Å²) in [6.45, 7) is 4.17. The number of ether oxygens (including phenoxy) is 1. The van der Waals surface area contributed by atoms with Crippen molar-refractivity contribution >= 4 is 11.3 Å². The molecule has 0 saturated carbocycles. The molecule has 3 nitrogen and oxygen atoms in total. The number of rotatable bonds is 6. The van der Waals surface area contributed by atoms with Crippen molar-refractivity contribution < 1.29 is 4.74 Å². The summed E-state index contributed by atoms with van der Waals surface area (Å²) in [4.78, 5) is 5.95. The van der Waals surface area contributed by atoms with Gasteiger partial charge in [0.2, 0.25) is 0 Å². The second kappa shape index (κ2) is 6.64. The van der Waals surface area contributed by atoms with Crippen LogP contribution in [0.1, 0.15) is 16.8 Å². The summed E-state index contributed by atoms with van der Waals surface area (Å²) >= 11 is 1.72. The second-order valence-electron chi connectivity index (χ2n) is 3.91. The SMILES string of the molecule is CCOCc1nc(-c2ccccc2)c(CNC)s1. The average molecular weight is 262 g/mol. The number of nitrogens with one attached hydrogen (secondary N) is 1. The molecule has 1 N–H and O–H groups in total. The van der Waals surface area contributed by atoms with E-state index in [0.29, 0.717) is 6.61 Å². The third-order valence-electron chi connectivity index (χ3n) is 2.56. The molecule has 0 saturated heterocycles. The summed E-state index contributed by atoms with van der Waals surface area (Å²) < 4.78 is 5.43. The van der Waals surface area contributed by atoms with E-state index in [-0.39, 0.29) is 0 Å². The van der Waals surface area contributed by atoms with Crippen molar-refractivity contribution in [3.8, 4) is 11.3 Å². The Labute approximate surface area is 112 Å². The highest BCUT2D eigenvalue weighted by Gasteiger charge is 2.12. The summed E-state index contributed by atoms with van der Waals surface area (Å²) in [6.07, 6.45) is 0. The highest BCUT2D eigenvalue weighted by Crippen LogP contribution is 2.28. The molecule has 2 aromatic rings. The third-order valence-corrected chi connectivity index (χ3v) is 3.58. The first-order valence-corrected chi connectivity index (χ1v) is 6.93. The lowest BCUT2D eigenvalue weighted by Crippen LogP contribution is -2.04. The van der Waals surface area contributed by atoms with Crippen molar-refractivity contribution in [2.75, 3.05) is 13.7 Å². The van der Waals surface area contributed by atoms with Gasteiger partial charge in [-0.15, -0.1) is 11.3 Å². The summed E-state index contributed by atoms with van der Waals surface area (Å²) in [7, 11) is 1.96. The van der Waals surface area contributed by atoms with Crippen LogP contribution >= 0.6 is 11.3 Å².